The van der Waals surface area contributed by atoms with Gasteiger partial charge in [0.25, 0.3) is 0 Å². The van der Waals surface area contributed by atoms with Crippen LogP contribution in [0, 0.1) is 0 Å². The van der Waals surface area contributed by atoms with E-state index in [4.69, 9.17) is 4.74 Å². The molecule has 7 nitrogen and oxygen atoms in total. The Morgan fingerprint density at radius 3 is 2.94 bits per heavy atom. The normalized spacial score (nSPS) is 18.5. The van der Waals surface area contributed by atoms with Crippen LogP contribution in [0.5, 0.6) is 0 Å². The molecule has 0 saturated carbocycles. The summed E-state index contributed by atoms with van der Waals surface area (Å²) in [4.78, 5) is 17.8. The first kappa shape index (κ1) is 13.0. The van der Waals surface area contributed by atoms with Crippen LogP contribution < -0.4 is 5.32 Å². The van der Waals surface area contributed by atoms with Gasteiger partial charge in [0, 0.05) is 19.1 Å². The Balaban J connectivity index is 1.69. The second kappa shape index (κ2) is 6.46. The largest absolute Gasteiger partial charge is 0.379 e. The molecule has 1 aromatic rings. The van der Waals surface area contributed by atoms with Gasteiger partial charge in [-0.25, -0.2) is 4.98 Å². The molecule has 2 rings (SSSR count). The standard InChI is InChI=1S/C11H19N5O2/c1-10(6-16-9-12-8-13-16)14-11(17)7-15-2-4-18-5-3-15/h8-10H,2-7H2,1H3,(H,14,17)/t10-/m0/s1. The molecule has 1 aromatic heterocycles. The molecule has 0 aliphatic carbocycles. The molecule has 1 fully saturated rings. The molecule has 0 bridgehead atoms. The van der Waals surface area contributed by atoms with E-state index in [0.29, 0.717) is 26.3 Å². The van der Waals surface area contributed by atoms with Crippen molar-refractivity contribution >= 4 is 5.91 Å². The SMILES string of the molecule is C[C@@H](Cn1cncn1)NC(=O)CN1CCOCC1. The van der Waals surface area contributed by atoms with Gasteiger partial charge in [-0.05, 0) is 6.92 Å². The van der Waals surface area contributed by atoms with E-state index in [0.717, 1.165) is 13.1 Å². The molecule has 1 N–H and O–H groups in total. The van der Waals surface area contributed by atoms with Crippen LogP contribution in [0.4, 0.5) is 0 Å². The van der Waals surface area contributed by atoms with E-state index in [-0.39, 0.29) is 11.9 Å². The molecular formula is C11H19N5O2. The maximum absolute atomic E-state index is 11.8. The van der Waals surface area contributed by atoms with Gasteiger partial charge in [-0.3, -0.25) is 14.4 Å². The van der Waals surface area contributed by atoms with E-state index >= 15 is 0 Å². The number of carbonyl (C=O) groups is 1. The zero-order valence-corrected chi connectivity index (χ0v) is 10.6. The molecular weight excluding hydrogens is 234 g/mol. The lowest BCUT2D eigenvalue weighted by atomic mass is 10.3. The highest BCUT2D eigenvalue weighted by Crippen LogP contribution is 1.96. The number of carbonyl (C=O) groups excluding carboxylic acids is 1. The predicted octanol–water partition coefficient (Wildman–Crippen LogP) is -0.885. The van der Waals surface area contributed by atoms with Gasteiger partial charge in [0.2, 0.25) is 5.91 Å². The van der Waals surface area contributed by atoms with Crippen LogP contribution in [0.25, 0.3) is 0 Å². The first-order valence-electron chi connectivity index (χ1n) is 6.16. The average Bonchev–Trinajstić information content (AvgIpc) is 2.82. The lowest BCUT2D eigenvalue weighted by Gasteiger charge is -2.26. The fourth-order valence-electron chi connectivity index (χ4n) is 1.94. The molecule has 0 spiro atoms. The summed E-state index contributed by atoms with van der Waals surface area (Å²) in [5, 5.41) is 6.96. The molecule has 0 unspecified atom stereocenters. The number of amides is 1. The Hall–Kier alpha value is -1.47. The van der Waals surface area contributed by atoms with Crippen LogP contribution in [0.1, 0.15) is 6.92 Å². The van der Waals surface area contributed by atoms with Gasteiger partial charge in [-0.1, -0.05) is 0 Å². The summed E-state index contributed by atoms with van der Waals surface area (Å²) < 4.78 is 6.95. The first-order valence-corrected chi connectivity index (χ1v) is 6.16. The summed E-state index contributed by atoms with van der Waals surface area (Å²) in [5.41, 5.74) is 0. The number of rotatable bonds is 5. The van der Waals surface area contributed by atoms with Crippen molar-refractivity contribution in [3.8, 4) is 0 Å². The maximum atomic E-state index is 11.8. The lowest BCUT2D eigenvalue weighted by Crippen LogP contribution is -2.46. The summed E-state index contributed by atoms with van der Waals surface area (Å²) in [6.07, 6.45) is 3.13. The monoisotopic (exact) mass is 253 g/mol. The highest BCUT2D eigenvalue weighted by Gasteiger charge is 2.15. The van der Waals surface area contributed by atoms with Gasteiger partial charge < -0.3 is 10.1 Å². The summed E-state index contributed by atoms with van der Waals surface area (Å²) in [6, 6.07) is 0.0419. The van der Waals surface area contributed by atoms with E-state index in [2.05, 4.69) is 20.3 Å². The summed E-state index contributed by atoms with van der Waals surface area (Å²) in [6.45, 7) is 6.10. The lowest BCUT2D eigenvalue weighted by molar-refractivity contribution is -0.123. The van der Waals surface area contributed by atoms with Gasteiger partial charge in [0.1, 0.15) is 12.7 Å². The zero-order chi connectivity index (χ0) is 12.8. The molecule has 1 atom stereocenters. The van der Waals surface area contributed by atoms with Crippen LogP contribution in [0.15, 0.2) is 12.7 Å². The Kier molecular flexibility index (Phi) is 4.66. The third kappa shape index (κ3) is 4.08. The van der Waals surface area contributed by atoms with Crippen LogP contribution in [-0.2, 0) is 16.1 Å². The van der Waals surface area contributed by atoms with Crippen molar-refractivity contribution in [2.45, 2.75) is 19.5 Å². The zero-order valence-electron chi connectivity index (χ0n) is 10.6. The molecule has 2 heterocycles. The van der Waals surface area contributed by atoms with Gasteiger partial charge in [0.05, 0.1) is 26.3 Å². The average molecular weight is 253 g/mol. The number of nitrogens with one attached hydrogen (secondary N) is 1. The van der Waals surface area contributed by atoms with Gasteiger partial charge in [-0.15, -0.1) is 0 Å². The molecule has 18 heavy (non-hydrogen) atoms. The van der Waals surface area contributed by atoms with Crippen LogP contribution in [-0.4, -0.2) is 64.5 Å². The number of morpholine rings is 1. The molecule has 7 heteroatoms. The summed E-state index contributed by atoms with van der Waals surface area (Å²) in [5.74, 6) is 0.0458. The van der Waals surface area contributed by atoms with Crippen molar-refractivity contribution in [1.29, 1.82) is 0 Å². The summed E-state index contributed by atoms with van der Waals surface area (Å²) >= 11 is 0. The van der Waals surface area contributed by atoms with Crippen molar-refractivity contribution in [3.05, 3.63) is 12.7 Å². The highest BCUT2D eigenvalue weighted by molar-refractivity contribution is 5.78. The topological polar surface area (TPSA) is 72.3 Å². The van der Waals surface area contributed by atoms with E-state index in [1.54, 1.807) is 11.0 Å². The number of ether oxygens (including phenoxy) is 1. The van der Waals surface area contributed by atoms with E-state index < -0.39 is 0 Å². The molecule has 1 amide bonds. The molecule has 0 aromatic carbocycles. The Labute approximate surface area is 106 Å². The second-order valence-electron chi connectivity index (χ2n) is 4.47. The van der Waals surface area contributed by atoms with Crippen molar-refractivity contribution in [2.75, 3.05) is 32.8 Å². The smallest absolute Gasteiger partial charge is 0.234 e. The fourth-order valence-corrected chi connectivity index (χ4v) is 1.94. The van der Waals surface area contributed by atoms with Crippen LogP contribution in [0.3, 0.4) is 0 Å². The van der Waals surface area contributed by atoms with E-state index in [9.17, 15) is 4.79 Å². The van der Waals surface area contributed by atoms with Crippen molar-refractivity contribution in [3.63, 3.8) is 0 Å². The van der Waals surface area contributed by atoms with Crippen molar-refractivity contribution in [1.82, 2.24) is 25.0 Å². The third-order valence-electron chi connectivity index (χ3n) is 2.81. The van der Waals surface area contributed by atoms with Crippen molar-refractivity contribution < 1.29 is 9.53 Å². The molecule has 1 aliphatic rings. The predicted molar refractivity (Wildman–Crippen MR) is 64.9 cm³/mol. The highest BCUT2D eigenvalue weighted by atomic mass is 16.5. The van der Waals surface area contributed by atoms with E-state index in [1.165, 1.54) is 6.33 Å². The minimum Gasteiger partial charge on any atom is -0.379 e. The minimum atomic E-state index is 0.0419. The Morgan fingerprint density at radius 1 is 1.50 bits per heavy atom. The summed E-state index contributed by atoms with van der Waals surface area (Å²) in [7, 11) is 0. The maximum Gasteiger partial charge on any atom is 0.234 e. The molecule has 0 radical (unpaired) electrons. The Bertz CT molecular complexity index is 362. The van der Waals surface area contributed by atoms with Crippen LogP contribution in [0.2, 0.25) is 0 Å². The molecule has 1 aliphatic heterocycles. The van der Waals surface area contributed by atoms with Gasteiger partial charge in [-0.2, -0.15) is 5.10 Å². The van der Waals surface area contributed by atoms with Crippen LogP contribution >= 0.6 is 0 Å². The Morgan fingerprint density at radius 2 is 2.28 bits per heavy atom. The van der Waals surface area contributed by atoms with Gasteiger partial charge in [0.15, 0.2) is 0 Å². The quantitative estimate of drug-likeness (QED) is 0.737. The number of aromatic nitrogens is 3. The fraction of sp³-hybridized carbons (Fsp3) is 0.727. The first-order chi connectivity index (χ1) is 8.74. The second-order valence-corrected chi connectivity index (χ2v) is 4.47. The third-order valence-corrected chi connectivity index (χ3v) is 2.81. The number of hydrogen-bond donors (Lipinski definition) is 1. The molecule has 100 valence electrons. The number of hydrogen-bond acceptors (Lipinski definition) is 5. The number of nitrogens with zero attached hydrogens (tertiary/aromatic N) is 4. The van der Waals surface area contributed by atoms with Gasteiger partial charge >= 0.3 is 0 Å². The van der Waals surface area contributed by atoms with Crippen molar-refractivity contribution in [2.24, 2.45) is 0 Å². The van der Waals surface area contributed by atoms with E-state index in [1.807, 2.05) is 6.92 Å². The molecule has 1 saturated heterocycles. The minimum absolute atomic E-state index is 0.0419.